The van der Waals surface area contributed by atoms with Crippen molar-refractivity contribution in [3.63, 3.8) is 0 Å². The molecule has 3 heteroatoms. The van der Waals surface area contributed by atoms with E-state index in [1.807, 2.05) is 18.2 Å². The van der Waals surface area contributed by atoms with Gasteiger partial charge in [0.1, 0.15) is 5.82 Å². The highest BCUT2D eigenvalue weighted by Crippen LogP contribution is 2.26. The lowest BCUT2D eigenvalue weighted by atomic mass is 9.99. The Bertz CT molecular complexity index is 511. The van der Waals surface area contributed by atoms with Gasteiger partial charge in [-0.15, -0.1) is 0 Å². The molecule has 0 fully saturated rings. The molecule has 0 aliphatic rings. The maximum atomic E-state index is 13.7. The van der Waals surface area contributed by atoms with Crippen molar-refractivity contribution in [3.05, 3.63) is 58.4 Å². The number of hydrogen-bond donors (Lipinski definition) is 1. The Morgan fingerprint density at radius 1 is 1.12 bits per heavy atom. The molecule has 2 aromatic carbocycles. The Kier molecular flexibility index (Phi) is 3.46. The van der Waals surface area contributed by atoms with Crippen molar-refractivity contribution in [2.24, 2.45) is 0 Å². The molecule has 0 atom stereocenters. The van der Waals surface area contributed by atoms with Crippen LogP contribution in [0.5, 0.6) is 0 Å². The van der Waals surface area contributed by atoms with Crippen LogP contribution in [-0.4, -0.2) is 5.11 Å². The van der Waals surface area contributed by atoms with E-state index in [4.69, 9.17) is 16.7 Å². The average molecular weight is 251 g/mol. The van der Waals surface area contributed by atoms with Gasteiger partial charge in [0.05, 0.1) is 6.61 Å². The summed E-state index contributed by atoms with van der Waals surface area (Å²) < 4.78 is 13.7. The number of aliphatic hydroxyl groups excluding tert-OH is 1. The molecule has 0 aromatic heterocycles. The number of aliphatic hydroxyl groups is 1. The van der Waals surface area contributed by atoms with Crippen molar-refractivity contribution < 1.29 is 9.50 Å². The SMILES string of the molecule is Cc1cc(-c2ccc(Cl)cc2)cc(F)c1CO. The summed E-state index contributed by atoms with van der Waals surface area (Å²) in [6.07, 6.45) is 0. The van der Waals surface area contributed by atoms with Crippen molar-refractivity contribution in [2.75, 3.05) is 0 Å². The summed E-state index contributed by atoms with van der Waals surface area (Å²) in [6.45, 7) is 1.51. The van der Waals surface area contributed by atoms with Gasteiger partial charge in [-0.2, -0.15) is 0 Å². The zero-order valence-electron chi connectivity index (χ0n) is 9.37. The Morgan fingerprint density at radius 3 is 2.29 bits per heavy atom. The molecule has 2 aromatic rings. The van der Waals surface area contributed by atoms with Crippen LogP contribution in [0, 0.1) is 12.7 Å². The Balaban J connectivity index is 2.50. The summed E-state index contributed by atoms with van der Waals surface area (Å²) in [6, 6.07) is 10.5. The predicted molar refractivity (Wildman–Crippen MR) is 67.5 cm³/mol. The van der Waals surface area contributed by atoms with Crippen molar-refractivity contribution in [1.82, 2.24) is 0 Å². The smallest absolute Gasteiger partial charge is 0.129 e. The topological polar surface area (TPSA) is 20.2 Å². The molecule has 1 N–H and O–H groups in total. The fourth-order valence-corrected chi connectivity index (χ4v) is 1.91. The number of halogens is 2. The van der Waals surface area contributed by atoms with Gasteiger partial charge in [-0.3, -0.25) is 0 Å². The predicted octanol–water partition coefficient (Wildman–Crippen LogP) is 3.95. The van der Waals surface area contributed by atoms with Gasteiger partial charge in [0.25, 0.3) is 0 Å². The van der Waals surface area contributed by atoms with Crippen LogP contribution in [0.3, 0.4) is 0 Å². The fourth-order valence-electron chi connectivity index (χ4n) is 1.78. The molecule has 0 amide bonds. The van der Waals surface area contributed by atoms with E-state index in [0.29, 0.717) is 10.6 Å². The van der Waals surface area contributed by atoms with Crippen LogP contribution in [0.2, 0.25) is 5.02 Å². The van der Waals surface area contributed by atoms with E-state index in [0.717, 1.165) is 16.7 Å². The van der Waals surface area contributed by atoms with Gasteiger partial charge in [0.2, 0.25) is 0 Å². The van der Waals surface area contributed by atoms with Crippen molar-refractivity contribution in [3.8, 4) is 11.1 Å². The number of benzene rings is 2. The first-order chi connectivity index (χ1) is 8.11. The maximum Gasteiger partial charge on any atom is 0.129 e. The van der Waals surface area contributed by atoms with Crippen LogP contribution in [0.4, 0.5) is 4.39 Å². The van der Waals surface area contributed by atoms with Gasteiger partial charge in [-0.1, -0.05) is 29.8 Å². The highest BCUT2D eigenvalue weighted by molar-refractivity contribution is 6.30. The third kappa shape index (κ3) is 2.48. The van der Waals surface area contributed by atoms with Gasteiger partial charge in [-0.25, -0.2) is 4.39 Å². The van der Waals surface area contributed by atoms with Gasteiger partial charge < -0.3 is 5.11 Å². The van der Waals surface area contributed by atoms with E-state index in [1.165, 1.54) is 6.07 Å². The maximum absolute atomic E-state index is 13.7. The molecule has 0 saturated carbocycles. The highest BCUT2D eigenvalue weighted by Gasteiger charge is 2.08. The molecule has 88 valence electrons. The molecule has 0 heterocycles. The van der Waals surface area contributed by atoms with Crippen LogP contribution < -0.4 is 0 Å². The number of rotatable bonds is 2. The highest BCUT2D eigenvalue weighted by atomic mass is 35.5. The molecule has 0 radical (unpaired) electrons. The van der Waals surface area contributed by atoms with E-state index in [2.05, 4.69) is 0 Å². The zero-order valence-corrected chi connectivity index (χ0v) is 10.1. The molecular weight excluding hydrogens is 239 g/mol. The molecule has 0 saturated heterocycles. The molecule has 0 aliphatic carbocycles. The minimum Gasteiger partial charge on any atom is -0.392 e. The quantitative estimate of drug-likeness (QED) is 0.856. The van der Waals surface area contributed by atoms with E-state index in [1.54, 1.807) is 19.1 Å². The molecule has 0 aliphatic heterocycles. The van der Waals surface area contributed by atoms with E-state index in [-0.39, 0.29) is 12.4 Å². The lowest BCUT2D eigenvalue weighted by Crippen LogP contribution is -1.95. The van der Waals surface area contributed by atoms with E-state index in [9.17, 15) is 4.39 Å². The van der Waals surface area contributed by atoms with Crippen LogP contribution in [0.1, 0.15) is 11.1 Å². The summed E-state index contributed by atoms with van der Waals surface area (Å²) in [5.74, 6) is -0.377. The second-order valence-electron chi connectivity index (χ2n) is 3.92. The summed E-state index contributed by atoms with van der Waals surface area (Å²) >= 11 is 5.80. The van der Waals surface area contributed by atoms with E-state index < -0.39 is 0 Å². The third-order valence-electron chi connectivity index (χ3n) is 2.75. The number of hydrogen-bond acceptors (Lipinski definition) is 1. The fraction of sp³-hybridized carbons (Fsp3) is 0.143. The van der Waals surface area contributed by atoms with Crippen LogP contribution in [0.25, 0.3) is 11.1 Å². The Morgan fingerprint density at radius 2 is 1.76 bits per heavy atom. The monoisotopic (exact) mass is 250 g/mol. The minimum absolute atomic E-state index is 0.279. The average Bonchev–Trinajstić information content (AvgIpc) is 2.29. The van der Waals surface area contributed by atoms with Crippen LogP contribution >= 0.6 is 11.6 Å². The van der Waals surface area contributed by atoms with E-state index >= 15 is 0 Å². The molecule has 17 heavy (non-hydrogen) atoms. The lowest BCUT2D eigenvalue weighted by Gasteiger charge is -2.08. The largest absolute Gasteiger partial charge is 0.392 e. The second-order valence-corrected chi connectivity index (χ2v) is 4.35. The number of aryl methyl sites for hydroxylation is 1. The van der Waals surface area contributed by atoms with Gasteiger partial charge in [-0.05, 0) is 41.8 Å². The molecule has 1 nitrogen and oxygen atoms in total. The summed E-state index contributed by atoms with van der Waals surface area (Å²) in [5.41, 5.74) is 2.79. The summed E-state index contributed by atoms with van der Waals surface area (Å²) in [7, 11) is 0. The Labute approximate surface area is 104 Å². The lowest BCUT2D eigenvalue weighted by molar-refractivity contribution is 0.275. The first kappa shape index (κ1) is 12.1. The summed E-state index contributed by atoms with van der Waals surface area (Å²) in [4.78, 5) is 0. The molecule has 0 spiro atoms. The van der Waals surface area contributed by atoms with Crippen molar-refractivity contribution in [2.45, 2.75) is 13.5 Å². The second kappa shape index (κ2) is 4.86. The minimum atomic E-state index is -0.377. The Hall–Kier alpha value is -1.38. The molecule has 0 bridgehead atoms. The van der Waals surface area contributed by atoms with Crippen LogP contribution in [-0.2, 0) is 6.61 Å². The standard InChI is InChI=1S/C14H12ClFO/c1-9-6-11(7-14(16)13(9)8-17)10-2-4-12(15)5-3-10/h2-7,17H,8H2,1H3. The van der Waals surface area contributed by atoms with Crippen molar-refractivity contribution in [1.29, 1.82) is 0 Å². The van der Waals surface area contributed by atoms with Gasteiger partial charge in [0, 0.05) is 10.6 Å². The molecular formula is C14H12ClFO. The normalized spacial score (nSPS) is 10.6. The molecule has 2 rings (SSSR count). The zero-order chi connectivity index (χ0) is 12.4. The first-order valence-electron chi connectivity index (χ1n) is 5.27. The van der Waals surface area contributed by atoms with Crippen molar-refractivity contribution >= 4 is 11.6 Å². The third-order valence-corrected chi connectivity index (χ3v) is 3.01. The summed E-state index contributed by atoms with van der Waals surface area (Å²) in [5, 5.41) is 9.69. The van der Waals surface area contributed by atoms with Crippen LogP contribution in [0.15, 0.2) is 36.4 Å². The van der Waals surface area contributed by atoms with Gasteiger partial charge >= 0.3 is 0 Å². The van der Waals surface area contributed by atoms with Gasteiger partial charge in [0.15, 0.2) is 0 Å². The first-order valence-corrected chi connectivity index (χ1v) is 5.65. The molecule has 0 unspecified atom stereocenters.